The second-order valence-electron chi connectivity index (χ2n) is 5.09. The van der Waals surface area contributed by atoms with Gasteiger partial charge in [-0.3, -0.25) is 0 Å². The third kappa shape index (κ3) is 2.67. The van der Waals surface area contributed by atoms with Gasteiger partial charge in [0.05, 0.1) is 4.90 Å². The van der Waals surface area contributed by atoms with E-state index in [1.807, 2.05) is 38.1 Å². The van der Waals surface area contributed by atoms with Crippen molar-refractivity contribution < 1.29 is 8.42 Å². The first-order valence-electron chi connectivity index (χ1n) is 6.69. The molecule has 0 N–H and O–H groups in total. The summed E-state index contributed by atoms with van der Waals surface area (Å²) >= 11 is 0.905. The molecule has 1 heterocycles. The quantitative estimate of drug-likeness (QED) is 0.735. The molecule has 22 heavy (non-hydrogen) atoms. The van der Waals surface area contributed by atoms with E-state index in [4.69, 9.17) is 0 Å². The number of sulfone groups is 1. The highest BCUT2D eigenvalue weighted by Crippen LogP contribution is 2.32. The van der Waals surface area contributed by atoms with Crippen LogP contribution in [0.15, 0.2) is 57.6 Å². The summed E-state index contributed by atoms with van der Waals surface area (Å²) in [5.41, 5.74) is 3.28. The highest BCUT2D eigenvalue weighted by atomic mass is 32.2. The van der Waals surface area contributed by atoms with Crippen LogP contribution in [0.2, 0.25) is 0 Å². The van der Waals surface area contributed by atoms with Crippen LogP contribution >= 0.6 is 11.5 Å². The van der Waals surface area contributed by atoms with Crippen LogP contribution in [0.5, 0.6) is 0 Å². The molecule has 3 rings (SSSR count). The number of hydrogen-bond acceptors (Lipinski definition) is 5. The third-order valence-corrected chi connectivity index (χ3v) is 6.34. The van der Waals surface area contributed by atoms with Gasteiger partial charge < -0.3 is 0 Å². The Hall–Kier alpha value is -2.05. The second kappa shape index (κ2) is 5.62. The zero-order valence-electron chi connectivity index (χ0n) is 12.1. The zero-order valence-corrected chi connectivity index (χ0v) is 13.8. The summed E-state index contributed by atoms with van der Waals surface area (Å²) in [6.45, 7) is 3.90. The molecule has 0 aliphatic carbocycles. The van der Waals surface area contributed by atoms with E-state index >= 15 is 0 Å². The largest absolute Gasteiger partial charge is 0.219 e. The molecule has 112 valence electrons. The molecule has 0 atom stereocenters. The summed E-state index contributed by atoms with van der Waals surface area (Å²) < 4.78 is 29.6. The lowest BCUT2D eigenvalue weighted by molar-refractivity contribution is 0.598. The predicted molar refractivity (Wildman–Crippen MR) is 86.7 cm³/mol. The molecule has 0 saturated heterocycles. The molecule has 0 amide bonds. The van der Waals surface area contributed by atoms with Crippen molar-refractivity contribution in [3.05, 3.63) is 59.7 Å². The van der Waals surface area contributed by atoms with Gasteiger partial charge >= 0.3 is 0 Å². The SMILES string of the molecule is Cc1ccc(-c2nnsc2S(=O)(=O)c2ccc(C)cc2)cc1. The Labute approximate surface area is 133 Å². The Balaban J connectivity index is 2.11. The standard InChI is InChI=1S/C16H14N2O2S2/c1-11-3-7-13(8-4-11)15-16(21-18-17-15)22(19,20)14-9-5-12(2)6-10-14/h3-10H,1-2H3. The number of aryl methyl sites for hydroxylation is 2. The third-order valence-electron chi connectivity index (χ3n) is 3.36. The van der Waals surface area contributed by atoms with Crippen molar-refractivity contribution in [1.29, 1.82) is 0 Å². The molecule has 0 radical (unpaired) electrons. The minimum Gasteiger partial charge on any atom is -0.218 e. The Kier molecular flexibility index (Phi) is 3.80. The fourth-order valence-corrected chi connectivity index (χ4v) is 4.41. The number of rotatable bonds is 3. The summed E-state index contributed by atoms with van der Waals surface area (Å²) in [6.07, 6.45) is 0. The van der Waals surface area contributed by atoms with E-state index in [0.29, 0.717) is 5.69 Å². The van der Waals surface area contributed by atoms with Gasteiger partial charge in [-0.05, 0) is 26.0 Å². The summed E-state index contributed by atoms with van der Waals surface area (Å²) in [5, 5.41) is 4.01. The molecule has 0 fully saturated rings. The van der Waals surface area contributed by atoms with Gasteiger partial charge in [-0.25, -0.2) is 8.42 Å². The monoisotopic (exact) mass is 330 g/mol. The van der Waals surface area contributed by atoms with E-state index in [9.17, 15) is 8.42 Å². The first kappa shape index (κ1) is 14.9. The summed E-state index contributed by atoms with van der Waals surface area (Å²) in [5.74, 6) is 0. The molecular formula is C16H14N2O2S2. The van der Waals surface area contributed by atoms with Crippen LogP contribution < -0.4 is 0 Å². The Morgan fingerprint density at radius 2 is 1.41 bits per heavy atom. The van der Waals surface area contributed by atoms with E-state index in [0.717, 1.165) is 28.2 Å². The molecule has 0 aliphatic rings. The maximum atomic E-state index is 12.8. The molecule has 4 nitrogen and oxygen atoms in total. The smallest absolute Gasteiger partial charge is 0.218 e. The zero-order chi connectivity index (χ0) is 15.7. The van der Waals surface area contributed by atoms with Gasteiger partial charge in [-0.1, -0.05) is 52.0 Å². The van der Waals surface area contributed by atoms with Crippen LogP contribution in [0.4, 0.5) is 0 Å². The van der Waals surface area contributed by atoms with Crippen LogP contribution in [-0.2, 0) is 9.84 Å². The average Bonchev–Trinajstić information content (AvgIpc) is 2.99. The number of hydrogen-bond donors (Lipinski definition) is 0. The summed E-state index contributed by atoms with van der Waals surface area (Å²) in [6, 6.07) is 14.4. The minimum atomic E-state index is -3.61. The van der Waals surface area contributed by atoms with Gasteiger partial charge in [0.2, 0.25) is 9.84 Å². The number of benzene rings is 2. The van der Waals surface area contributed by atoms with Crippen molar-refractivity contribution in [3.8, 4) is 11.3 Å². The lowest BCUT2D eigenvalue weighted by atomic mass is 10.1. The normalized spacial score (nSPS) is 11.5. The van der Waals surface area contributed by atoms with Crippen LogP contribution in [0, 0.1) is 13.8 Å². The molecule has 0 spiro atoms. The van der Waals surface area contributed by atoms with E-state index < -0.39 is 9.84 Å². The molecule has 0 unspecified atom stereocenters. The molecule has 1 aromatic heterocycles. The second-order valence-corrected chi connectivity index (χ2v) is 7.99. The van der Waals surface area contributed by atoms with Crippen molar-refractivity contribution in [3.63, 3.8) is 0 Å². The maximum Gasteiger partial charge on any atom is 0.219 e. The molecular weight excluding hydrogens is 316 g/mol. The molecule has 0 bridgehead atoms. The first-order valence-corrected chi connectivity index (χ1v) is 8.95. The topological polar surface area (TPSA) is 59.9 Å². The fraction of sp³-hybridized carbons (Fsp3) is 0.125. The molecule has 0 saturated carbocycles. The van der Waals surface area contributed by atoms with Crippen molar-refractivity contribution >= 4 is 21.4 Å². The summed E-state index contributed by atoms with van der Waals surface area (Å²) in [7, 11) is -3.61. The van der Waals surface area contributed by atoms with Gasteiger partial charge in [-0.15, -0.1) is 5.10 Å². The van der Waals surface area contributed by atoms with Crippen molar-refractivity contribution in [1.82, 2.24) is 9.59 Å². The van der Waals surface area contributed by atoms with Gasteiger partial charge in [0, 0.05) is 17.1 Å². The van der Waals surface area contributed by atoms with Gasteiger partial charge in [0.15, 0.2) is 4.21 Å². The van der Waals surface area contributed by atoms with Gasteiger partial charge in [0.25, 0.3) is 0 Å². The van der Waals surface area contributed by atoms with Gasteiger partial charge in [0.1, 0.15) is 5.69 Å². The molecule has 6 heteroatoms. The Bertz CT molecular complexity index is 896. The lowest BCUT2D eigenvalue weighted by Crippen LogP contribution is -2.01. The lowest BCUT2D eigenvalue weighted by Gasteiger charge is -2.05. The highest BCUT2D eigenvalue weighted by molar-refractivity contribution is 7.93. The predicted octanol–water partition coefficient (Wildman–Crippen LogP) is 3.65. The molecule has 2 aromatic carbocycles. The van der Waals surface area contributed by atoms with Crippen molar-refractivity contribution in [2.24, 2.45) is 0 Å². The van der Waals surface area contributed by atoms with Crippen LogP contribution in [0.25, 0.3) is 11.3 Å². The van der Waals surface area contributed by atoms with Crippen LogP contribution in [0.3, 0.4) is 0 Å². The Morgan fingerprint density at radius 3 is 2.00 bits per heavy atom. The number of aromatic nitrogens is 2. The molecule has 0 aliphatic heterocycles. The maximum absolute atomic E-state index is 12.8. The van der Waals surface area contributed by atoms with E-state index in [2.05, 4.69) is 9.59 Å². The minimum absolute atomic E-state index is 0.181. The highest BCUT2D eigenvalue weighted by Gasteiger charge is 2.25. The fourth-order valence-electron chi connectivity index (χ4n) is 2.07. The van der Waals surface area contributed by atoms with Crippen LogP contribution in [-0.4, -0.2) is 18.0 Å². The van der Waals surface area contributed by atoms with Crippen LogP contribution in [0.1, 0.15) is 11.1 Å². The Morgan fingerprint density at radius 1 is 0.864 bits per heavy atom. The van der Waals surface area contributed by atoms with E-state index in [1.165, 1.54) is 0 Å². The average molecular weight is 330 g/mol. The van der Waals surface area contributed by atoms with E-state index in [-0.39, 0.29) is 9.10 Å². The van der Waals surface area contributed by atoms with Crippen molar-refractivity contribution in [2.75, 3.05) is 0 Å². The first-order chi connectivity index (χ1) is 10.5. The number of nitrogens with zero attached hydrogens (tertiary/aromatic N) is 2. The molecule has 3 aromatic rings. The van der Waals surface area contributed by atoms with E-state index in [1.54, 1.807) is 24.3 Å². The van der Waals surface area contributed by atoms with Gasteiger partial charge in [-0.2, -0.15) is 0 Å². The summed E-state index contributed by atoms with van der Waals surface area (Å²) in [4.78, 5) is 0.262. The van der Waals surface area contributed by atoms with Crippen molar-refractivity contribution in [2.45, 2.75) is 23.0 Å².